The number of carbonyl (C=O) groups excluding carboxylic acids is 1. The van der Waals surface area contributed by atoms with Crippen molar-refractivity contribution in [2.24, 2.45) is 5.92 Å². The van der Waals surface area contributed by atoms with Crippen molar-refractivity contribution in [1.29, 1.82) is 0 Å². The van der Waals surface area contributed by atoms with Crippen molar-refractivity contribution in [2.75, 3.05) is 32.1 Å². The van der Waals surface area contributed by atoms with Crippen LogP contribution in [0, 0.1) is 5.92 Å². The summed E-state index contributed by atoms with van der Waals surface area (Å²) in [5.41, 5.74) is 5.72. The highest BCUT2D eigenvalue weighted by Gasteiger charge is 2.24. The highest BCUT2D eigenvalue weighted by molar-refractivity contribution is 5.80. The highest BCUT2D eigenvalue weighted by Crippen LogP contribution is 2.32. The minimum absolute atomic E-state index is 0.0581. The zero-order valence-corrected chi connectivity index (χ0v) is 20.1. The molecule has 0 saturated heterocycles. The monoisotopic (exact) mass is 472 g/mol. The van der Waals surface area contributed by atoms with E-state index in [1.54, 1.807) is 4.90 Å². The Morgan fingerprint density at radius 3 is 2.49 bits per heavy atom. The highest BCUT2D eigenvalue weighted by atomic mass is 16.5. The summed E-state index contributed by atoms with van der Waals surface area (Å²) >= 11 is 0. The number of likely N-dealkylation sites (N-methyl/N-ethyl adjacent to an activating group) is 1. The van der Waals surface area contributed by atoms with Gasteiger partial charge in [-0.05, 0) is 72.1 Å². The molecule has 0 aliphatic heterocycles. The molecule has 6 nitrogen and oxygen atoms in total. The van der Waals surface area contributed by atoms with Crippen LogP contribution in [0.5, 0.6) is 5.75 Å². The maximum Gasteiger partial charge on any atom is 0.341 e. The fourth-order valence-corrected chi connectivity index (χ4v) is 4.65. The van der Waals surface area contributed by atoms with E-state index in [-0.39, 0.29) is 19.1 Å². The number of rotatable bonds is 10. The number of hydrogen-bond donors (Lipinski definition) is 2. The van der Waals surface area contributed by atoms with Crippen LogP contribution >= 0.6 is 0 Å². The minimum atomic E-state index is -0.979. The molecule has 0 fully saturated rings. The number of amides is 1. The van der Waals surface area contributed by atoms with Crippen molar-refractivity contribution in [3.8, 4) is 5.75 Å². The van der Waals surface area contributed by atoms with Crippen LogP contribution in [-0.2, 0) is 28.9 Å². The molecule has 4 rings (SSSR count). The Balaban J connectivity index is 1.25. The van der Waals surface area contributed by atoms with Gasteiger partial charge in [0.2, 0.25) is 5.91 Å². The third kappa shape index (κ3) is 6.85. The van der Waals surface area contributed by atoms with Crippen LogP contribution < -0.4 is 10.1 Å². The van der Waals surface area contributed by atoms with Crippen molar-refractivity contribution in [3.63, 3.8) is 0 Å². The van der Waals surface area contributed by atoms with Gasteiger partial charge in [0.1, 0.15) is 5.75 Å². The van der Waals surface area contributed by atoms with Gasteiger partial charge in [0.15, 0.2) is 6.61 Å². The second-order valence-electron chi connectivity index (χ2n) is 9.17. The largest absolute Gasteiger partial charge is 0.482 e. The molecular weight excluding hydrogens is 440 g/mol. The standard InChI is InChI=1S/C29H32N2O4/c1-31(19-23-12-15-26-24(17-23)8-5-9-27(26)35-20-29(33)34)28(32)18-30-25-13-10-22(11-14-25)16-21-6-3-2-4-7-21/h2-11,13-14,23,30H,12,15-20H2,1H3,(H,33,34). The molecule has 1 atom stereocenters. The van der Waals surface area contributed by atoms with Crippen LogP contribution in [0.25, 0.3) is 0 Å². The Kier molecular flexibility index (Phi) is 8.03. The van der Waals surface area contributed by atoms with Crippen molar-refractivity contribution < 1.29 is 19.4 Å². The average molecular weight is 473 g/mol. The molecule has 0 heterocycles. The Morgan fingerprint density at radius 1 is 1.00 bits per heavy atom. The zero-order valence-electron chi connectivity index (χ0n) is 20.1. The van der Waals surface area contributed by atoms with Gasteiger partial charge in [-0.25, -0.2) is 4.79 Å². The van der Waals surface area contributed by atoms with Crippen LogP contribution in [0.2, 0.25) is 0 Å². The maximum atomic E-state index is 12.7. The third-order valence-corrected chi connectivity index (χ3v) is 6.50. The van der Waals surface area contributed by atoms with Gasteiger partial charge in [-0.1, -0.05) is 54.6 Å². The smallest absolute Gasteiger partial charge is 0.341 e. The van der Waals surface area contributed by atoms with Crippen LogP contribution in [0.3, 0.4) is 0 Å². The number of carbonyl (C=O) groups is 2. The van der Waals surface area contributed by atoms with E-state index in [0.29, 0.717) is 18.2 Å². The lowest BCUT2D eigenvalue weighted by Crippen LogP contribution is -2.37. The molecule has 2 N–H and O–H groups in total. The van der Waals surface area contributed by atoms with Crippen LogP contribution in [0.4, 0.5) is 5.69 Å². The summed E-state index contributed by atoms with van der Waals surface area (Å²) in [6, 6.07) is 24.4. The fourth-order valence-electron chi connectivity index (χ4n) is 4.65. The Morgan fingerprint density at radius 2 is 1.74 bits per heavy atom. The summed E-state index contributed by atoms with van der Waals surface area (Å²) in [6.45, 7) is 0.612. The summed E-state index contributed by atoms with van der Waals surface area (Å²) in [5, 5.41) is 12.1. The first-order chi connectivity index (χ1) is 17.0. The Labute approximate surface area is 206 Å². The van der Waals surface area contributed by atoms with Gasteiger partial charge in [0, 0.05) is 19.3 Å². The molecule has 1 aliphatic carbocycles. The number of benzene rings is 3. The number of aliphatic carboxylic acids is 1. The number of ether oxygens (including phenoxy) is 1. The number of nitrogens with zero attached hydrogens (tertiary/aromatic N) is 1. The minimum Gasteiger partial charge on any atom is -0.482 e. The van der Waals surface area contributed by atoms with E-state index in [0.717, 1.165) is 36.9 Å². The van der Waals surface area contributed by atoms with Crippen LogP contribution in [0.1, 0.15) is 28.7 Å². The van der Waals surface area contributed by atoms with Crippen LogP contribution in [-0.4, -0.2) is 48.6 Å². The molecule has 1 amide bonds. The van der Waals surface area contributed by atoms with Gasteiger partial charge in [-0.2, -0.15) is 0 Å². The van der Waals surface area contributed by atoms with E-state index in [2.05, 4.69) is 35.6 Å². The van der Waals surface area contributed by atoms with Crippen molar-refractivity contribution in [2.45, 2.75) is 25.7 Å². The number of carboxylic acids is 1. The lowest BCUT2D eigenvalue weighted by atomic mass is 9.83. The van der Waals surface area contributed by atoms with E-state index in [4.69, 9.17) is 9.84 Å². The first-order valence-corrected chi connectivity index (χ1v) is 12.0. The third-order valence-electron chi connectivity index (χ3n) is 6.50. The molecule has 0 spiro atoms. The van der Waals surface area contributed by atoms with Crippen molar-refractivity contribution >= 4 is 17.6 Å². The maximum absolute atomic E-state index is 12.7. The molecule has 3 aromatic carbocycles. The van der Waals surface area contributed by atoms with Crippen molar-refractivity contribution in [1.82, 2.24) is 4.90 Å². The topological polar surface area (TPSA) is 78.9 Å². The summed E-state index contributed by atoms with van der Waals surface area (Å²) in [6.07, 6.45) is 3.51. The van der Waals surface area contributed by atoms with Gasteiger partial charge >= 0.3 is 5.97 Å². The lowest BCUT2D eigenvalue weighted by Gasteiger charge is -2.29. The normalized spacial score (nSPS) is 14.6. The van der Waals surface area contributed by atoms with Crippen molar-refractivity contribution in [3.05, 3.63) is 95.1 Å². The predicted octanol–water partition coefficient (Wildman–Crippen LogP) is 4.42. The number of fused-ring (bicyclic) bond motifs is 1. The number of carboxylic acid groups (broad SMARTS) is 1. The molecule has 1 aliphatic rings. The lowest BCUT2D eigenvalue weighted by molar-refractivity contribution is -0.139. The summed E-state index contributed by atoms with van der Waals surface area (Å²) in [4.78, 5) is 25.4. The molecular formula is C29H32N2O4. The summed E-state index contributed by atoms with van der Waals surface area (Å²) in [5.74, 6) is 0.103. The first-order valence-electron chi connectivity index (χ1n) is 12.0. The van der Waals surface area contributed by atoms with E-state index in [9.17, 15) is 9.59 Å². The SMILES string of the molecule is CN(CC1CCc2c(cccc2OCC(=O)O)C1)C(=O)CNc1ccc(Cc2ccccc2)cc1. The molecule has 182 valence electrons. The predicted molar refractivity (Wildman–Crippen MR) is 137 cm³/mol. The van der Waals surface area contributed by atoms with E-state index >= 15 is 0 Å². The quantitative estimate of drug-likeness (QED) is 0.457. The number of hydrogen-bond acceptors (Lipinski definition) is 4. The second-order valence-corrected chi connectivity index (χ2v) is 9.17. The van der Waals surface area contributed by atoms with Gasteiger partial charge in [-0.3, -0.25) is 4.79 Å². The van der Waals surface area contributed by atoms with Crippen LogP contribution in [0.15, 0.2) is 72.8 Å². The van der Waals surface area contributed by atoms with Gasteiger partial charge < -0.3 is 20.1 Å². The zero-order chi connectivity index (χ0) is 24.6. The molecule has 0 saturated carbocycles. The molecule has 0 aromatic heterocycles. The van der Waals surface area contributed by atoms with E-state index < -0.39 is 5.97 Å². The fraction of sp³-hybridized carbons (Fsp3) is 0.310. The van der Waals surface area contributed by atoms with Gasteiger partial charge in [0.05, 0.1) is 6.54 Å². The summed E-state index contributed by atoms with van der Waals surface area (Å²) in [7, 11) is 1.86. The molecule has 0 bridgehead atoms. The molecule has 1 unspecified atom stereocenters. The number of anilines is 1. The molecule has 0 radical (unpaired) electrons. The average Bonchev–Trinajstić information content (AvgIpc) is 2.87. The number of nitrogens with one attached hydrogen (secondary N) is 1. The Hall–Kier alpha value is -3.80. The molecule has 3 aromatic rings. The first kappa shape index (κ1) is 24.3. The molecule has 35 heavy (non-hydrogen) atoms. The van der Waals surface area contributed by atoms with E-state index in [1.165, 1.54) is 16.7 Å². The van der Waals surface area contributed by atoms with Gasteiger partial charge in [0.25, 0.3) is 0 Å². The second kappa shape index (κ2) is 11.6. The Bertz CT molecular complexity index is 1150. The van der Waals surface area contributed by atoms with E-state index in [1.807, 2.05) is 49.5 Å². The van der Waals surface area contributed by atoms with Gasteiger partial charge in [-0.15, -0.1) is 0 Å². The molecule has 6 heteroatoms. The summed E-state index contributed by atoms with van der Waals surface area (Å²) < 4.78 is 5.46.